The summed E-state index contributed by atoms with van der Waals surface area (Å²) >= 11 is 0. The van der Waals surface area contributed by atoms with Crippen molar-refractivity contribution in [3.8, 4) is 5.75 Å². The number of rotatable bonds is 0. The van der Waals surface area contributed by atoms with Crippen LogP contribution in [0.15, 0.2) is 29.3 Å². The summed E-state index contributed by atoms with van der Waals surface area (Å²) in [4.78, 5) is 4.47. The van der Waals surface area contributed by atoms with Gasteiger partial charge in [0.2, 0.25) is 0 Å². The van der Waals surface area contributed by atoms with E-state index in [1.165, 1.54) is 0 Å². The van der Waals surface area contributed by atoms with Crippen molar-refractivity contribution in [3.05, 3.63) is 29.8 Å². The lowest BCUT2D eigenvalue weighted by Gasteiger charge is -2.25. The van der Waals surface area contributed by atoms with Crippen LogP contribution in [0.3, 0.4) is 0 Å². The van der Waals surface area contributed by atoms with Crippen LogP contribution in [0.25, 0.3) is 0 Å². The van der Waals surface area contributed by atoms with Gasteiger partial charge in [-0.25, -0.2) is 4.99 Å². The van der Waals surface area contributed by atoms with Gasteiger partial charge in [0, 0.05) is 12.5 Å². The van der Waals surface area contributed by atoms with Crippen LogP contribution in [-0.2, 0) is 4.74 Å². The Hall–Kier alpha value is -1.51. The molecule has 2 aliphatic rings. The van der Waals surface area contributed by atoms with E-state index < -0.39 is 0 Å². The van der Waals surface area contributed by atoms with Gasteiger partial charge in [0.05, 0.1) is 0 Å². The van der Waals surface area contributed by atoms with Gasteiger partial charge in [-0.05, 0) is 6.07 Å². The lowest BCUT2D eigenvalue weighted by molar-refractivity contribution is 0.101. The molecule has 1 aromatic rings. The molecule has 0 spiro atoms. The molecule has 1 aromatic carbocycles. The van der Waals surface area contributed by atoms with E-state index in [2.05, 4.69) is 11.1 Å². The molecular weight excluding hydrogens is 178 g/mol. The average molecular weight is 189 g/mol. The van der Waals surface area contributed by atoms with Crippen molar-refractivity contribution in [3.63, 3.8) is 0 Å². The molecular formula is C11H11NO2. The quantitative estimate of drug-likeness (QED) is 0.624. The third-order valence-electron chi connectivity index (χ3n) is 2.64. The summed E-state index contributed by atoms with van der Waals surface area (Å²) in [5, 5.41) is 0. The van der Waals surface area contributed by atoms with Crippen LogP contribution < -0.4 is 4.74 Å². The summed E-state index contributed by atoms with van der Waals surface area (Å²) in [6, 6.07) is 8.16. The minimum absolute atomic E-state index is 0.0740. The van der Waals surface area contributed by atoms with Gasteiger partial charge < -0.3 is 9.47 Å². The molecule has 0 radical (unpaired) electrons. The fourth-order valence-corrected chi connectivity index (χ4v) is 2.02. The molecule has 72 valence electrons. The van der Waals surface area contributed by atoms with E-state index in [0.717, 1.165) is 17.2 Å². The Morgan fingerprint density at radius 2 is 2.21 bits per heavy atom. The molecule has 0 amide bonds. The maximum Gasteiger partial charge on any atom is 0.181 e. The van der Waals surface area contributed by atoms with Crippen LogP contribution in [0.1, 0.15) is 18.5 Å². The summed E-state index contributed by atoms with van der Waals surface area (Å²) in [6.45, 7) is 2.49. The van der Waals surface area contributed by atoms with Crippen LogP contribution in [-0.4, -0.2) is 18.6 Å². The monoisotopic (exact) mass is 189 g/mol. The zero-order valence-electron chi connectivity index (χ0n) is 7.93. The number of fused-ring (bicyclic) bond motifs is 3. The van der Waals surface area contributed by atoms with E-state index in [1.54, 1.807) is 0 Å². The maximum absolute atomic E-state index is 5.59. The highest BCUT2D eigenvalue weighted by Gasteiger charge is 2.36. The zero-order valence-corrected chi connectivity index (χ0v) is 7.93. The molecule has 2 atom stereocenters. The van der Waals surface area contributed by atoms with Crippen molar-refractivity contribution >= 4 is 5.90 Å². The van der Waals surface area contributed by atoms with E-state index in [4.69, 9.17) is 9.47 Å². The Labute approximate surface area is 82.4 Å². The van der Waals surface area contributed by atoms with Gasteiger partial charge in [0.25, 0.3) is 0 Å². The Bertz CT molecular complexity index is 400. The summed E-state index contributed by atoms with van der Waals surface area (Å²) in [6.07, 6.45) is 0.0740. The molecule has 0 aromatic heterocycles. The highest BCUT2D eigenvalue weighted by molar-refractivity contribution is 5.75. The molecule has 0 saturated carbocycles. The van der Waals surface area contributed by atoms with Gasteiger partial charge >= 0.3 is 0 Å². The summed E-state index contributed by atoms with van der Waals surface area (Å²) in [5.41, 5.74) is 1.14. The molecule has 0 aliphatic carbocycles. The molecule has 2 aliphatic heterocycles. The first-order valence-corrected chi connectivity index (χ1v) is 4.77. The lowest BCUT2D eigenvalue weighted by atomic mass is 9.99. The molecule has 0 saturated heterocycles. The molecule has 0 bridgehead atoms. The van der Waals surface area contributed by atoms with Crippen LogP contribution in [0, 0.1) is 0 Å². The van der Waals surface area contributed by atoms with Gasteiger partial charge in [0.15, 0.2) is 12.0 Å². The molecule has 3 nitrogen and oxygen atoms in total. The smallest absolute Gasteiger partial charge is 0.181 e. The van der Waals surface area contributed by atoms with Crippen LogP contribution in [0.5, 0.6) is 5.75 Å². The van der Waals surface area contributed by atoms with Gasteiger partial charge in [-0.3, -0.25) is 0 Å². The summed E-state index contributed by atoms with van der Waals surface area (Å²) in [5.74, 6) is 1.70. The molecule has 0 N–H and O–H groups in total. The van der Waals surface area contributed by atoms with Crippen LogP contribution >= 0.6 is 0 Å². The van der Waals surface area contributed by atoms with E-state index in [9.17, 15) is 0 Å². The second-order valence-electron chi connectivity index (χ2n) is 3.60. The number of benzene rings is 1. The minimum atomic E-state index is 0.0740. The Balaban J connectivity index is 2.08. The number of hydrogen-bond acceptors (Lipinski definition) is 3. The van der Waals surface area contributed by atoms with Gasteiger partial charge in [-0.2, -0.15) is 0 Å². The lowest BCUT2D eigenvalue weighted by Crippen LogP contribution is -2.28. The molecule has 0 fully saturated rings. The molecule has 2 heterocycles. The van der Waals surface area contributed by atoms with E-state index in [1.807, 2.05) is 25.1 Å². The standard InChI is InChI=1S/C11H11NO2/c1-7-12-11-8-4-2-3-5-9(8)13-6-10(11)14-7/h2-5,10-11H,6H2,1H3/t10-,11+/m1/s1. The molecule has 14 heavy (non-hydrogen) atoms. The van der Waals surface area contributed by atoms with E-state index in [0.29, 0.717) is 6.61 Å². The van der Waals surface area contributed by atoms with Crippen molar-refractivity contribution in [2.75, 3.05) is 6.61 Å². The minimum Gasteiger partial charge on any atom is -0.489 e. The first-order chi connectivity index (χ1) is 6.84. The predicted octanol–water partition coefficient (Wildman–Crippen LogP) is 1.94. The van der Waals surface area contributed by atoms with E-state index in [-0.39, 0.29) is 12.1 Å². The van der Waals surface area contributed by atoms with Crippen molar-refractivity contribution in [2.24, 2.45) is 4.99 Å². The fourth-order valence-electron chi connectivity index (χ4n) is 2.02. The predicted molar refractivity (Wildman–Crippen MR) is 52.7 cm³/mol. The van der Waals surface area contributed by atoms with E-state index >= 15 is 0 Å². The normalized spacial score (nSPS) is 28.2. The molecule has 3 rings (SSSR count). The number of hydrogen-bond donors (Lipinski definition) is 0. The average Bonchev–Trinajstić information content (AvgIpc) is 2.59. The second-order valence-corrected chi connectivity index (χ2v) is 3.60. The Kier molecular flexibility index (Phi) is 1.54. The fraction of sp³-hybridized carbons (Fsp3) is 0.364. The number of para-hydroxylation sites is 1. The summed E-state index contributed by atoms with van der Waals surface area (Å²) in [7, 11) is 0. The first-order valence-electron chi connectivity index (χ1n) is 4.77. The Morgan fingerprint density at radius 3 is 3.14 bits per heavy atom. The van der Waals surface area contributed by atoms with Crippen molar-refractivity contribution in [1.29, 1.82) is 0 Å². The van der Waals surface area contributed by atoms with Gasteiger partial charge in [-0.1, -0.05) is 18.2 Å². The number of ether oxygens (including phenoxy) is 2. The van der Waals surface area contributed by atoms with Crippen molar-refractivity contribution < 1.29 is 9.47 Å². The van der Waals surface area contributed by atoms with Crippen molar-refractivity contribution in [2.45, 2.75) is 19.1 Å². The number of nitrogens with zero attached hydrogens (tertiary/aromatic N) is 1. The second kappa shape index (κ2) is 2.74. The third kappa shape index (κ3) is 1.02. The zero-order chi connectivity index (χ0) is 9.54. The SMILES string of the molecule is CC1=N[C@H]2c3ccccc3OC[C@H]2O1. The third-order valence-corrected chi connectivity index (χ3v) is 2.64. The molecule has 0 unspecified atom stereocenters. The summed E-state index contributed by atoms with van der Waals surface area (Å²) < 4.78 is 11.1. The highest BCUT2D eigenvalue weighted by Crippen LogP contribution is 2.38. The van der Waals surface area contributed by atoms with Gasteiger partial charge in [0.1, 0.15) is 18.4 Å². The molecule has 3 heteroatoms. The first kappa shape index (κ1) is 7.85. The van der Waals surface area contributed by atoms with Crippen LogP contribution in [0.2, 0.25) is 0 Å². The maximum atomic E-state index is 5.59. The van der Waals surface area contributed by atoms with Crippen LogP contribution in [0.4, 0.5) is 0 Å². The van der Waals surface area contributed by atoms with Crippen molar-refractivity contribution in [1.82, 2.24) is 0 Å². The largest absolute Gasteiger partial charge is 0.489 e. The van der Waals surface area contributed by atoms with Gasteiger partial charge in [-0.15, -0.1) is 0 Å². The number of aliphatic imine (C=N–C) groups is 1. The highest BCUT2D eigenvalue weighted by atomic mass is 16.5. The topological polar surface area (TPSA) is 30.8 Å². The Morgan fingerprint density at radius 1 is 1.36 bits per heavy atom.